The molecule has 320 valence electrons. The Labute approximate surface area is 366 Å². The number of nitrogens with zero attached hydrogens (tertiary/aromatic N) is 3. The molecule has 0 bridgehead atoms. The van der Waals surface area contributed by atoms with Gasteiger partial charge in [-0.15, -0.1) is 0 Å². The Bertz CT molecular complexity index is 2580. The Morgan fingerprint density at radius 3 is 2.24 bits per heavy atom. The summed E-state index contributed by atoms with van der Waals surface area (Å²) in [7, 11) is 3.13. The van der Waals surface area contributed by atoms with Gasteiger partial charge in [0.05, 0.1) is 43.2 Å². The summed E-state index contributed by atoms with van der Waals surface area (Å²) in [4.78, 5) is 36.0. The van der Waals surface area contributed by atoms with E-state index in [4.69, 9.17) is 23.9 Å². The van der Waals surface area contributed by atoms with Gasteiger partial charge in [-0.05, 0) is 83.8 Å². The number of carbonyl (C=O) groups excluding carboxylic acids is 2. The number of aliphatic imine (C=N–C) groups is 1. The Hall–Kier alpha value is -6.18. The highest BCUT2D eigenvalue weighted by molar-refractivity contribution is 7.99. The van der Waals surface area contributed by atoms with Crippen molar-refractivity contribution in [3.05, 3.63) is 124 Å². The maximum Gasteiger partial charge on any atom is 0.260 e. The summed E-state index contributed by atoms with van der Waals surface area (Å²) < 4.78 is 24.5. The average Bonchev–Trinajstić information content (AvgIpc) is 3.77. The standard InChI is InChI=1S/C49H51N5O7S/c1-49(2,62-5)15-14-46(55)52-33-17-29(27-60-44-23-38-36(21-42(44)58-3)47(56)53-34(25-50-38)19-31-10-6-8-12-40(31)53)16-30(18-33)28-61-45-24-39-37(22-43(45)59-4)48(57)54-35(26-51-39)20-32-11-7-9-13-41(32)54/h6-13,16-18,21-25,34-35,47,51,56H,14-15,19-20,26-28H2,1-5H3,(H,52,55)/t34-,35-,47?/m0/s1. The predicted octanol–water partition coefficient (Wildman–Crippen LogP) is 8.86. The minimum atomic E-state index is -0.933. The first-order valence-corrected chi connectivity index (χ1v) is 22.2. The molecule has 62 heavy (non-hydrogen) atoms. The maximum atomic E-state index is 14.0. The summed E-state index contributed by atoms with van der Waals surface area (Å²) in [6, 6.07) is 29.0. The lowest BCUT2D eigenvalue weighted by Gasteiger charge is -2.29. The fourth-order valence-electron chi connectivity index (χ4n) is 8.82. The van der Waals surface area contributed by atoms with E-state index in [1.54, 1.807) is 44.2 Å². The minimum Gasteiger partial charge on any atom is -0.493 e. The fourth-order valence-corrected chi connectivity index (χ4v) is 9.13. The van der Waals surface area contributed by atoms with E-state index in [1.165, 1.54) is 5.56 Å². The number of nitrogens with one attached hydrogen (secondary N) is 2. The van der Waals surface area contributed by atoms with E-state index in [-0.39, 0.29) is 41.9 Å². The van der Waals surface area contributed by atoms with Crippen molar-refractivity contribution in [2.24, 2.45) is 4.99 Å². The molecule has 3 N–H and O–H groups in total. The van der Waals surface area contributed by atoms with Crippen LogP contribution in [0.1, 0.15) is 71.1 Å². The zero-order chi connectivity index (χ0) is 43.1. The molecular weight excluding hydrogens is 803 g/mol. The van der Waals surface area contributed by atoms with Gasteiger partial charge in [0.15, 0.2) is 29.2 Å². The van der Waals surface area contributed by atoms with E-state index < -0.39 is 6.23 Å². The summed E-state index contributed by atoms with van der Waals surface area (Å²) in [5.74, 6) is 1.66. The van der Waals surface area contributed by atoms with Crippen LogP contribution in [0.2, 0.25) is 0 Å². The van der Waals surface area contributed by atoms with Crippen LogP contribution in [0, 0.1) is 0 Å². The zero-order valence-electron chi connectivity index (χ0n) is 35.6. The van der Waals surface area contributed by atoms with Crippen LogP contribution in [0.3, 0.4) is 0 Å². The number of benzene rings is 5. The van der Waals surface area contributed by atoms with Crippen molar-refractivity contribution in [1.29, 1.82) is 0 Å². The summed E-state index contributed by atoms with van der Waals surface area (Å²) in [5, 5.41) is 18.3. The second kappa shape index (κ2) is 16.9. The number of hydrogen-bond donors (Lipinski definition) is 3. The van der Waals surface area contributed by atoms with Crippen LogP contribution in [0.5, 0.6) is 23.0 Å². The number of hydrogen-bond acceptors (Lipinski definition) is 11. The number of fused-ring (bicyclic) bond motifs is 8. The van der Waals surface area contributed by atoms with Crippen molar-refractivity contribution in [3.8, 4) is 23.0 Å². The molecule has 4 heterocycles. The Kier molecular flexibility index (Phi) is 11.3. The van der Waals surface area contributed by atoms with Crippen LogP contribution in [0.25, 0.3) is 0 Å². The smallest absolute Gasteiger partial charge is 0.260 e. The number of anilines is 4. The van der Waals surface area contributed by atoms with Crippen molar-refractivity contribution in [1.82, 2.24) is 0 Å². The van der Waals surface area contributed by atoms with Gasteiger partial charge in [0, 0.05) is 65.1 Å². The van der Waals surface area contributed by atoms with Gasteiger partial charge >= 0.3 is 0 Å². The van der Waals surface area contributed by atoms with Crippen LogP contribution < -0.4 is 39.4 Å². The van der Waals surface area contributed by atoms with E-state index in [0.717, 1.165) is 47.3 Å². The highest BCUT2D eigenvalue weighted by Gasteiger charge is 2.39. The summed E-state index contributed by atoms with van der Waals surface area (Å²) in [6.07, 6.45) is 5.63. The molecule has 2 amide bonds. The zero-order valence-corrected chi connectivity index (χ0v) is 36.4. The summed E-state index contributed by atoms with van der Waals surface area (Å²) >= 11 is 1.73. The highest BCUT2D eigenvalue weighted by Crippen LogP contribution is 2.46. The van der Waals surface area contributed by atoms with E-state index in [2.05, 4.69) is 42.9 Å². The topological polar surface area (TPSA) is 134 Å². The number of para-hydroxylation sites is 2. The van der Waals surface area contributed by atoms with E-state index >= 15 is 0 Å². The van der Waals surface area contributed by atoms with Crippen LogP contribution >= 0.6 is 11.8 Å². The van der Waals surface area contributed by atoms with Crippen LogP contribution in [-0.2, 0) is 30.8 Å². The first-order chi connectivity index (χ1) is 30.0. The highest BCUT2D eigenvalue weighted by atomic mass is 32.2. The SMILES string of the molecule is COc1cc2c(cc1OCc1cc(COc3cc4c(cc3OC)C(=O)N3c5ccccc5C[C@H]3CN4)cc(NC(=O)CCC(C)(C)SC)c1)N=C[C@@H]1Cc3ccccc3N1C2O. The molecule has 0 fully saturated rings. The first-order valence-electron chi connectivity index (χ1n) is 20.9. The molecule has 5 aromatic carbocycles. The molecule has 4 aliphatic rings. The van der Waals surface area contributed by atoms with Crippen LogP contribution in [-0.4, -0.2) is 67.0 Å². The van der Waals surface area contributed by atoms with Gasteiger partial charge in [0.25, 0.3) is 5.91 Å². The van der Waals surface area contributed by atoms with Gasteiger partial charge in [-0.3, -0.25) is 14.6 Å². The average molecular weight is 854 g/mol. The summed E-state index contributed by atoms with van der Waals surface area (Å²) in [6.45, 7) is 5.13. The predicted molar refractivity (Wildman–Crippen MR) is 245 cm³/mol. The molecule has 0 saturated heterocycles. The molecule has 0 spiro atoms. The first kappa shape index (κ1) is 41.2. The quantitative estimate of drug-likeness (QED) is 0.106. The molecule has 0 aliphatic carbocycles. The van der Waals surface area contributed by atoms with Crippen molar-refractivity contribution >= 4 is 58.2 Å². The molecule has 4 aliphatic heterocycles. The second-order valence-electron chi connectivity index (χ2n) is 16.7. The van der Waals surface area contributed by atoms with E-state index in [1.807, 2.05) is 76.7 Å². The number of rotatable bonds is 13. The Balaban J connectivity index is 0.968. The van der Waals surface area contributed by atoms with Gasteiger partial charge in [0.1, 0.15) is 13.2 Å². The number of methoxy groups -OCH3 is 2. The fraction of sp³-hybridized carbons (Fsp3) is 0.327. The molecule has 12 nitrogen and oxygen atoms in total. The van der Waals surface area contributed by atoms with Crippen molar-refractivity contribution in [2.75, 3.05) is 47.5 Å². The molecule has 13 heteroatoms. The minimum absolute atomic E-state index is 0.00554. The third kappa shape index (κ3) is 8.02. The van der Waals surface area contributed by atoms with Gasteiger partial charge in [-0.1, -0.05) is 50.2 Å². The molecule has 5 aromatic rings. The third-order valence-electron chi connectivity index (χ3n) is 12.3. The van der Waals surface area contributed by atoms with E-state index in [9.17, 15) is 14.7 Å². The normalized spacial score (nSPS) is 18.2. The molecule has 3 atom stereocenters. The third-order valence-corrected chi connectivity index (χ3v) is 13.6. The van der Waals surface area contributed by atoms with Crippen LogP contribution in [0.15, 0.2) is 96.0 Å². The largest absolute Gasteiger partial charge is 0.493 e. The Morgan fingerprint density at radius 2 is 1.53 bits per heavy atom. The molecule has 0 radical (unpaired) electrons. The maximum absolute atomic E-state index is 14.0. The number of aliphatic hydroxyl groups is 1. The molecular formula is C49H51N5O7S. The monoisotopic (exact) mass is 853 g/mol. The number of aliphatic hydroxyl groups excluding tert-OH is 1. The van der Waals surface area contributed by atoms with Crippen molar-refractivity contribution < 1.29 is 33.6 Å². The van der Waals surface area contributed by atoms with Crippen molar-refractivity contribution in [3.63, 3.8) is 0 Å². The number of carbonyl (C=O) groups is 2. The van der Waals surface area contributed by atoms with Gasteiger partial charge in [-0.2, -0.15) is 11.8 Å². The van der Waals surface area contributed by atoms with Gasteiger partial charge in [-0.25, -0.2) is 0 Å². The molecule has 0 aromatic heterocycles. The lowest BCUT2D eigenvalue weighted by atomic mass is 10.1. The van der Waals surface area contributed by atoms with E-state index in [0.29, 0.717) is 64.2 Å². The lowest BCUT2D eigenvalue weighted by molar-refractivity contribution is -0.116. The lowest BCUT2D eigenvalue weighted by Crippen LogP contribution is -2.39. The molecule has 1 unspecified atom stereocenters. The molecule has 0 saturated carbocycles. The van der Waals surface area contributed by atoms with Crippen LogP contribution in [0.4, 0.5) is 28.4 Å². The van der Waals surface area contributed by atoms with Gasteiger partial charge in [0.2, 0.25) is 5.91 Å². The Morgan fingerprint density at radius 1 is 0.871 bits per heavy atom. The number of thioether (sulfide) groups is 1. The number of ether oxygens (including phenoxy) is 4. The number of amides is 2. The summed E-state index contributed by atoms with van der Waals surface area (Å²) in [5.41, 5.74) is 8.85. The van der Waals surface area contributed by atoms with Crippen molar-refractivity contribution in [2.45, 2.75) is 75.8 Å². The van der Waals surface area contributed by atoms with Gasteiger partial charge < -0.3 is 44.5 Å². The second-order valence-corrected chi connectivity index (χ2v) is 18.3. The molecule has 9 rings (SSSR count).